The van der Waals surface area contributed by atoms with Gasteiger partial charge in [-0.05, 0) is 54.6 Å². The van der Waals surface area contributed by atoms with Crippen LogP contribution < -0.4 is 10.3 Å². The quantitative estimate of drug-likeness (QED) is 0.355. The molecule has 0 amide bonds. The van der Waals surface area contributed by atoms with Crippen LogP contribution in [0.3, 0.4) is 0 Å². The number of benzene rings is 2. The molecule has 0 radical (unpaired) electrons. The smallest absolute Gasteiger partial charge is 0.406 e. The van der Waals surface area contributed by atoms with Gasteiger partial charge in [-0.15, -0.1) is 13.2 Å². The molecule has 3 aromatic heterocycles. The maximum Gasteiger partial charge on any atom is 0.573 e. The molecule has 172 valence electrons. The van der Waals surface area contributed by atoms with Crippen LogP contribution >= 0.6 is 0 Å². The predicted molar refractivity (Wildman–Crippen MR) is 110 cm³/mol. The molecule has 12 heteroatoms. The summed E-state index contributed by atoms with van der Waals surface area (Å²) in [6.07, 6.45) is -1.70. The van der Waals surface area contributed by atoms with Crippen molar-refractivity contribution in [2.45, 2.75) is 12.9 Å². The van der Waals surface area contributed by atoms with Crippen molar-refractivity contribution < 1.29 is 26.8 Å². The summed E-state index contributed by atoms with van der Waals surface area (Å²) >= 11 is 0. The second-order valence-corrected chi connectivity index (χ2v) is 7.18. The first kappa shape index (κ1) is 21.4. The highest BCUT2D eigenvalue weighted by atomic mass is 19.4. The third kappa shape index (κ3) is 4.37. The lowest BCUT2D eigenvalue weighted by Gasteiger charge is -2.08. The topological polar surface area (TPSA) is 87.5 Å². The summed E-state index contributed by atoms with van der Waals surface area (Å²) in [5.41, 5.74) is 1.50. The second kappa shape index (κ2) is 8.14. The molecule has 0 aliphatic rings. The summed E-state index contributed by atoms with van der Waals surface area (Å²) in [6.45, 7) is -0.0331. The number of ether oxygens (including phenoxy) is 1. The number of rotatable bonds is 5. The highest BCUT2D eigenvalue weighted by Crippen LogP contribution is 2.25. The fourth-order valence-corrected chi connectivity index (χ4v) is 3.30. The van der Waals surface area contributed by atoms with Crippen molar-refractivity contribution in [1.29, 1.82) is 0 Å². The molecule has 0 aliphatic heterocycles. The van der Waals surface area contributed by atoms with Crippen molar-refractivity contribution in [3.05, 3.63) is 89.1 Å². The zero-order valence-corrected chi connectivity index (χ0v) is 17.0. The van der Waals surface area contributed by atoms with Crippen LogP contribution in [0.4, 0.5) is 17.6 Å². The van der Waals surface area contributed by atoms with Gasteiger partial charge in [-0.2, -0.15) is 10.1 Å². The highest BCUT2D eigenvalue weighted by molar-refractivity contribution is 5.65. The van der Waals surface area contributed by atoms with Crippen LogP contribution in [0.2, 0.25) is 0 Å². The minimum absolute atomic E-state index is 0.0331. The average molecular weight is 471 g/mol. The van der Waals surface area contributed by atoms with Crippen LogP contribution in [0.1, 0.15) is 5.89 Å². The average Bonchev–Trinajstić information content (AvgIpc) is 3.43. The van der Waals surface area contributed by atoms with Crippen LogP contribution in [0.5, 0.6) is 5.75 Å². The van der Waals surface area contributed by atoms with Gasteiger partial charge >= 0.3 is 6.36 Å². The first-order chi connectivity index (χ1) is 16.2. The molecular formula is C22H13F4N5O3. The molecule has 0 atom stereocenters. The zero-order chi connectivity index (χ0) is 23.9. The normalized spacial score (nSPS) is 11.8. The van der Waals surface area contributed by atoms with Gasteiger partial charge in [0.15, 0.2) is 0 Å². The van der Waals surface area contributed by atoms with E-state index in [0.717, 1.165) is 12.1 Å². The minimum atomic E-state index is -4.79. The largest absolute Gasteiger partial charge is 0.573 e. The second-order valence-electron chi connectivity index (χ2n) is 7.18. The number of hydrogen-bond acceptors (Lipinski definition) is 6. The van der Waals surface area contributed by atoms with Gasteiger partial charge in [0.05, 0.1) is 5.69 Å². The summed E-state index contributed by atoms with van der Waals surface area (Å²) in [6, 6.07) is 12.3. The van der Waals surface area contributed by atoms with E-state index >= 15 is 0 Å². The molecule has 0 unspecified atom stereocenters. The van der Waals surface area contributed by atoms with Gasteiger partial charge in [0.2, 0.25) is 11.7 Å². The van der Waals surface area contributed by atoms with Crippen molar-refractivity contribution in [3.63, 3.8) is 0 Å². The Kier molecular flexibility index (Phi) is 5.11. The standard InChI is InChI=1S/C22H13F4N5O3/c23-15-5-1-13(2-6-15)17-11-18-21(32)30(9-10-31(18)28-17)12-19-27-20(29-34-19)14-3-7-16(8-4-14)33-22(24,25)26/h1-11H,12H2. The van der Waals surface area contributed by atoms with Crippen LogP contribution in [0.25, 0.3) is 28.2 Å². The lowest BCUT2D eigenvalue weighted by molar-refractivity contribution is -0.274. The number of aromatic nitrogens is 5. The fourth-order valence-electron chi connectivity index (χ4n) is 3.30. The Morgan fingerprint density at radius 2 is 1.68 bits per heavy atom. The van der Waals surface area contributed by atoms with Gasteiger partial charge in [-0.3, -0.25) is 4.79 Å². The number of hydrogen-bond donors (Lipinski definition) is 0. The van der Waals surface area contributed by atoms with Gasteiger partial charge in [0.25, 0.3) is 5.56 Å². The Bertz CT molecular complexity index is 1520. The monoisotopic (exact) mass is 471 g/mol. The Balaban J connectivity index is 1.37. The Hall–Kier alpha value is -4.48. The zero-order valence-electron chi connectivity index (χ0n) is 17.0. The van der Waals surface area contributed by atoms with Crippen molar-refractivity contribution >= 4 is 5.52 Å². The van der Waals surface area contributed by atoms with Crippen molar-refractivity contribution in [2.75, 3.05) is 0 Å². The first-order valence-electron chi connectivity index (χ1n) is 9.79. The van der Waals surface area contributed by atoms with Gasteiger partial charge in [-0.25, -0.2) is 8.91 Å². The summed E-state index contributed by atoms with van der Waals surface area (Å²) in [7, 11) is 0. The molecule has 0 fully saturated rings. The Labute approximate surface area is 187 Å². The van der Waals surface area contributed by atoms with E-state index in [1.807, 2.05) is 0 Å². The number of fused-ring (bicyclic) bond motifs is 1. The molecule has 8 nitrogen and oxygen atoms in total. The lowest BCUT2D eigenvalue weighted by atomic mass is 10.1. The molecule has 0 spiro atoms. The van der Waals surface area contributed by atoms with Gasteiger partial charge in [0.1, 0.15) is 23.6 Å². The summed E-state index contributed by atoms with van der Waals surface area (Å²) in [4.78, 5) is 17.1. The van der Waals surface area contributed by atoms with E-state index < -0.39 is 6.36 Å². The molecule has 0 bridgehead atoms. The Morgan fingerprint density at radius 3 is 2.38 bits per heavy atom. The van der Waals surface area contributed by atoms with Crippen LogP contribution in [0, 0.1) is 5.82 Å². The van der Waals surface area contributed by atoms with E-state index in [1.54, 1.807) is 24.4 Å². The maximum absolute atomic E-state index is 13.2. The fraction of sp³-hybridized carbons (Fsp3) is 0.0909. The summed E-state index contributed by atoms with van der Waals surface area (Å²) in [5.74, 6) is -0.485. The molecule has 0 saturated carbocycles. The van der Waals surface area contributed by atoms with Crippen LogP contribution in [-0.2, 0) is 6.54 Å². The van der Waals surface area contributed by atoms with E-state index in [4.69, 9.17) is 4.52 Å². The van der Waals surface area contributed by atoms with E-state index in [0.29, 0.717) is 22.3 Å². The molecular weight excluding hydrogens is 458 g/mol. The SMILES string of the molecule is O=c1c2cc(-c3ccc(F)cc3)nn2ccn1Cc1nc(-c2ccc(OC(F)(F)F)cc2)no1. The third-order valence-corrected chi connectivity index (χ3v) is 4.86. The predicted octanol–water partition coefficient (Wildman–Crippen LogP) is 4.30. The molecule has 5 rings (SSSR count). The van der Waals surface area contributed by atoms with Crippen LogP contribution in [-0.4, -0.2) is 30.7 Å². The third-order valence-electron chi connectivity index (χ3n) is 4.86. The number of alkyl halides is 3. The summed E-state index contributed by atoms with van der Waals surface area (Å²) in [5, 5.41) is 8.16. The minimum Gasteiger partial charge on any atom is -0.406 e. The Morgan fingerprint density at radius 1 is 0.971 bits per heavy atom. The van der Waals surface area contributed by atoms with Crippen molar-refractivity contribution in [3.8, 4) is 28.4 Å². The maximum atomic E-state index is 13.2. The molecule has 5 aromatic rings. The van der Waals surface area contributed by atoms with E-state index in [1.165, 1.54) is 39.5 Å². The van der Waals surface area contributed by atoms with E-state index in [9.17, 15) is 22.4 Å². The molecule has 0 N–H and O–H groups in total. The van der Waals surface area contributed by atoms with Gasteiger partial charge in [-0.1, -0.05) is 5.16 Å². The van der Waals surface area contributed by atoms with E-state index in [2.05, 4.69) is 20.0 Å². The van der Waals surface area contributed by atoms with E-state index in [-0.39, 0.29) is 35.4 Å². The van der Waals surface area contributed by atoms with Crippen LogP contribution in [0.15, 0.2) is 76.3 Å². The van der Waals surface area contributed by atoms with Crippen molar-refractivity contribution in [1.82, 2.24) is 24.3 Å². The number of nitrogens with zero attached hydrogens (tertiary/aromatic N) is 5. The molecule has 2 aromatic carbocycles. The number of halogens is 4. The molecule has 3 heterocycles. The van der Waals surface area contributed by atoms with Crippen molar-refractivity contribution in [2.24, 2.45) is 0 Å². The lowest BCUT2D eigenvalue weighted by Crippen LogP contribution is -2.21. The molecule has 0 saturated heterocycles. The first-order valence-corrected chi connectivity index (χ1v) is 9.79. The van der Waals surface area contributed by atoms with Gasteiger partial charge < -0.3 is 13.8 Å². The molecule has 34 heavy (non-hydrogen) atoms. The molecule has 0 aliphatic carbocycles. The van der Waals surface area contributed by atoms with Gasteiger partial charge in [0, 0.05) is 23.5 Å². The summed E-state index contributed by atoms with van der Waals surface area (Å²) < 4.78 is 61.9. The highest BCUT2D eigenvalue weighted by Gasteiger charge is 2.31.